The van der Waals surface area contributed by atoms with Crippen LogP contribution in [0.4, 0.5) is 8.78 Å². The van der Waals surface area contributed by atoms with Crippen molar-refractivity contribution >= 4 is 43.2 Å². The van der Waals surface area contributed by atoms with Crippen molar-refractivity contribution in [3.05, 3.63) is 54.6 Å². The molecule has 1 atom stereocenters. The number of hydrogen-bond acceptors (Lipinski definition) is 2. The Labute approximate surface area is 131 Å². The Morgan fingerprint density at radius 3 is 2.53 bits per heavy atom. The fourth-order valence-corrected chi connectivity index (χ4v) is 3.99. The summed E-state index contributed by atoms with van der Waals surface area (Å²) >= 11 is 8.37. The third-order valence-electron chi connectivity index (χ3n) is 2.63. The van der Waals surface area contributed by atoms with Crippen molar-refractivity contribution in [2.24, 2.45) is 0 Å². The molecule has 1 aromatic heterocycles. The normalized spacial score (nSPS) is 12.7. The van der Waals surface area contributed by atoms with Gasteiger partial charge in [0.25, 0.3) is 0 Å². The van der Waals surface area contributed by atoms with Crippen LogP contribution in [0.5, 0.6) is 0 Å². The molecule has 1 N–H and O–H groups in total. The first-order chi connectivity index (χ1) is 9.02. The second-order valence-electron chi connectivity index (χ2n) is 3.93. The molecule has 0 aliphatic carbocycles. The van der Waals surface area contributed by atoms with Crippen LogP contribution in [0, 0.1) is 11.6 Å². The molecule has 0 radical (unpaired) electrons. The lowest BCUT2D eigenvalue weighted by molar-refractivity contribution is 0.544. The van der Waals surface area contributed by atoms with Gasteiger partial charge in [-0.25, -0.2) is 8.78 Å². The average Bonchev–Trinajstić information content (AvgIpc) is 2.67. The van der Waals surface area contributed by atoms with Gasteiger partial charge >= 0.3 is 0 Å². The summed E-state index contributed by atoms with van der Waals surface area (Å²) in [6.07, 6.45) is 0. The Kier molecular flexibility index (Phi) is 5.11. The Hall–Kier alpha value is -0.300. The summed E-state index contributed by atoms with van der Waals surface area (Å²) in [7, 11) is 0. The van der Waals surface area contributed by atoms with Crippen LogP contribution in [0.3, 0.4) is 0 Å². The van der Waals surface area contributed by atoms with E-state index in [0.717, 1.165) is 19.2 Å². The zero-order valence-electron chi connectivity index (χ0n) is 10.0. The predicted molar refractivity (Wildman–Crippen MR) is 81.6 cm³/mol. The zero-order valence-corrected chi connectivity index (χ0v) is 14.0. The van der Waals surface area contributed by atoms with Gasteiger partial charge in [-0.15, -0.1) is 11.3 Å². The van der Waals surface area contributed by atoms with E-state index >= 15 is 0 Å². The molecule has 1 heterocycles. The van der Waals surface area contributed by atoms with Crippen LogP contribution in [0.25, 0.3) is 0 Å². The van der Waals surface area contributed by atoms with E-state index in [1.807, 2.05) is 13.0 Å². The van der Waals surface area contributed by atoms with Crippen LogP contribution in [0.15, 0.2) is 32.5 Å². The molecule has 2 aromatic rings. The molecule has 0 fully saturated rings. The van der Waals surface area contributed by atoms with Crippen LogP contribution in [0.1, 0.15) is 23.4 Å². The highest BCUT2D eigenvalue weighted by atomic mass is 79.9. The first-order valence-electron chi connectivity index (χ1n) is 5.66. The number of halogens is 4. The SMILES string of the molecule is CCNC(c1cc(Br)c(Br)s1)c1ccc(F)cc1F. The number of benzene rings is 1. The van der Waals surface area contributed by atoms with Gasteiger partial charge in [-0.3, -0.25) is 0 Å². The minimum Gasteiger partial charge on any atom is -0.306 e. The standard InChI is InChI=1S/C13H11Br2F2NS/c1-2-18-12(11-6-9(14)13(15)19-11)8-4-3-7(16)5-10(8)17/h3-6,12,18H,2H2,1H3. The molecule has 0 aliphatic rings. The van der Waals surface area contributed by atoms with Crippen LogP contribution in [-0.4, -0.2) is 6.54 Å². The van der Waals surface area contributed by atoms with E-state index in [-0.39, 0.29) is 6.04 Å². The van der Waals surface area contributed by atoms with Crippen molar-refractivity contribution < 1.29 is 8.78 Å². The van der Waals surface area contributed by atoms with E-state index in [0.29, 0.717) is 12.1 Å². The summed E-state index contributed by atoms with van der Waals surface area (Å²) < 4.78 is 28.8. The highest BCUT2D eigenvalue weighted by Gasteiger charge is 2.20. The Bertz CT molecular complexity index is 567. The Balaban J connectivity index is 2.44. The maximum atomic E-state index is 13.9. The number of nitrogens with one attached hydrogen (secondary N) is 1. The number of rotatable bonds is 4. The lowest BCUT2D eigenvalue weighted by Crippen LogP contribution is -2.22. The third kappa shape index (κ3) is 3.42. The lowest BCUT2D eigenvalue weighted by atomic mass is 10.0. The monoisotopic (exact) mass is 409 g/mol. The molecule has 19 heavy (non-hydrogen) atoms. The molecule has 0 saturated heterocycles. The summed E-state index contributed by atoms with van der Waals surface area (Å²) in [6, 6.07) is 5.33. The second-order valence-corrected chi connectivity index (χ2v) is 7.18. The van der Waals surface area contributed by atoms with Gasteiger partial charge in [0, 0.05) is 21.0 Å². The van der Waals surface area contributed by atoms with Crippen molar-refractivity contribution in [1.82, 2.24) is 5.32 Å². The van der Waals surface area contributed by atoms with E-state index in [2.05, 4.69) is 37.2 Å². The number of hydrogen-bond donors (Lipinski definition) is 1. The van der Waals surface area contributed by atoms with E-state index in [1.54, 1.807) is 0 Å². The Morgan fingerprint density at radius 1 is 1.26 bits per heavy atom. The molecule has 0 spiro atoms. The van der Waals surface area contributed by atoms with E-state index in [4.69, 9.17) is 0 Å². The third-order valence-corrected chi connectivity index (χ3v) is 5.95. The first-order valence-corrected chi connectivity index (χ1v) is 8.06. The molecule has 1 unspecified atom stereocenters. The molecular formula is C13H11Br2F2NS. The van der Waals surface area contributed by atoms with E-state index in [1.165, 1.54) is 23.5 Å². The largest absolute Gasteiger partial charge is 0.306 e. The smallest absolute Gasteiger partial charge is 0.131 e. The molecule has 102 valence electrons. The minimum absolute atomic E-state index is 0.279. The Morgan fingerprint density at radius 2 is 2.00 bits per heavy atom. The minimum atomic E-state index is -0.565. The fourth-order valence-electron chi connectivity index (χ4n) is 1.81. The van der Waals surface area contributed by atoms with Crippen molar-refractivity contribution in [1.29, 1.82) is 0 Å². The maximum absolute atomic E-state index is 13.9. The van der Waals surface area contributed by atoms with Crippen LogP contribution in [-0.2, 0) is 0 Å². The van der Waals surface area contributed by atoms with E-state index < -0.39 is 11.6 Å². The quantitative estimate of drug-likeness (QED) is 0.725. The van der Waals surface area contributed by atoms with Crippen LogP contribution >= 0.6 is 43.2 Å². The molecule has 1 aromatic carbocycles. The maximum Gasteiger partial charge on any atom is 0.131 e. The van der Waals surface area contributed by atoms with Crippen molar-refractivity contribution in [3.63, 3.8) is 0 Å². The summed E-state index contributed by atoms with van der Waals surface area (Å²) in [4.78, 5) is 0.964. The average molecular weight is 411 g/mol. The van der Waals surface area contributed by atoms with Gasteiger partial charge < -0.3 is 5.32 Å². The lowest BCUT2D eigenvalue weighted by Gasteiger charge is -2.17. The summed E-state index contributed by atoms with van der Waals surface area (Å²) in [6.45, 7) is 2.64. The summed E-state index contributed by atoms with van der Waals surface area (Å²) in [5, 5.41) is 3.22. The molecule has 2 rings (SSSR count). The van der Waals surface area contributed by atoms with Gasteiger partial charge in [0.2, 0.25) is 0 Å². The van der Waals surface area contributed by atoms with Crippen molar-refractivity contribution in [3.8, 4) is 0 Å². The molecule has 6 heteroatoms. The number of thiophene rings is 1. The van der Waals surface area contributed by atoms with Crippen LogP contribution < -0.4 is 5.32 Å². The van der Waals surface area contributed by atoms with Crippen molar-refractivity contribution in [2.45, 2.75) is 13.0 Å². The first kappa shape index (κ1) is 15.1. The van der Waals surface area contributed by atoms with Gasteiger partial charge in [0.1, 0.15) is 11.6 Å². The fraction of sp³-hybridized carbons (Fsp3) is 0.231. The van der Waals surface area contributed by atoms with Gasteiger partial charge in [-0.05, 0) is 50.5 Å². The van der Waals surface area contributed by atoms with Gasteiger partial charge in [-0.2, -0.15) is 0 Å². The molecule has 0 bridgehead atoms. The predicted octanol–water partition coefficient (Wildman–Crippen LogP) is 5.25. The molecule has 0 amide bonds. The molecule has 0 aliphatic heterocycles. The summed E-state index contributed by atoms with van der Waals surface area (Å²) in [5.41, 5.74) is 0.449. The summed E-state index contributed by atoms with van der Waals surface area (Å²) in [5.74, 6) is -1.10. The second kappa shape index (κ2) is 6.43. The highest BCUT2D eigenvalue weighted by molar-refractivity contribution is 9.13. The molecule has 1 nitrogen and oxygen atoms in total. The molecule has 0 saturated carbocycles. The van der Waals surface area contributed by atoms with E-state index in [9.17, 15) is 8.78 Å². The zero-order chi connectivity index (χ0) is 14.0. The van der Waals surface area contributed by atoms with Crippen LogP contribution in [0.2, 0.25) is 0 Å². The topological polar surface area (TPSA) is 12.0 Å². The molecular weight excluding hydrogens is 400 g/mol. The van der Waals surface area contributed by atoms with Gasteiger partial charge in [0.05, 0.1) is 9.83 Å². The van der Waals surface area contributed by atoms with Gasteiger partial charge in [0.15, 0.2) is 0 Å². The highest BCUT2D eigenvalue weighted by Crippen LogP contribution is 2.38. The van der Waals surface area contributed by atoms with Gasteiger partial charge in [-0.1, -0.05) is 13.0 Å². The van der Waals surface area contributed by atoms with Crippen molar-refractivity contribution in [2.75, 3.05) is 6.54 Å².